The Hall–Kier alpha value is -2.17. The number of nitrogens with one attached hydrogen (secondary N) is 1. The summed E-state index contributed by atoms with van der Waals surface area (Å²) in [6.07, 6.45) is 6.65. The Balaban J connectivity index is 1.69. The first-order chi connectivity index (χ1) is 12.2. The molecule has 25 heavy (non-hydrogen) atoms. The third-order valence-electron chi connectivity index (χ3n) is 4.58. The van der Waals surface area contributed by atoms with Crippen molar-refractivity contribution >= 4 is 23.6 Å². The number of hydrogen-bond donors (Lipinski definition) is 1. The van der Waals surface area contributed by atoms with Crippen LogP contribution in [-0.4, -0.2) is 30.6 Å². The van der Waals surface area contributed by atoms with Gasteiger partial charge in [0.1, 0.15) is 0 Å². The average Bonchev–Trinajstić information content (AvgIpc) is 2.66. The highest BCUT2D eigenvalue weighted by atomic mass is 35.5. The van der Waals surface area contributed by atoms with Crippen LogP contribution in [0.1, 0.15) is 24.1 Å². The molecule has 0 bridgehead atoms. The maximum absolute atomic E-state index is 12.2. The molecule has 5 heteroatoms. The summed E-state index contributed by atoms with van der Waals surface area (Å²) < 4.78 is 5.52. The summed E-state index contributed by atoms with van der Waals surface area (Å²) in [4.78, 5) is 16.4. The van der Waals surface area contributed by atoms with Gasteiger partial charge in [-0.15, -0.1) is 0 Å². The van der Waals surface area contributed by atoms with Gasteiger partial charge < -0.3 is 10.1 Å². The fourth-order valence-electron chi connectivity index (χ4n) is 3.10. The van der Waals surface area contributed by atoms with E-state index in [1.165, 1.54) is 6.08 Å². The maximum Gasteiger partial charge on any atom is 0.244 e. The van der Waals surface area contributed by atoms with Crippen LogP contribution in [0.25, 0.3) is 6.08 Å². The highest BCUT2D eigenvalue weighted by Crippen LogP contribution is 2.35. The number of nitrogens with zero attached hydrogens (tertiary/aromatic N) is 1. The Bertz CT molecular complexity index is 740. The number of halogens is 1. The second-order valence-electron chi connectivity index (χ2n) is 6.21. The van der Waals surface area contributed by atoms with Crippen molar-refractivity contribution in [3.63, 3.8) is 0 Å². The largest absolute Gasteiger partial charge is 0.381 e. The lowest BCUT2D eigenvalue weighted by molar-refractivity contribution is -0.116. The smallest absolute Gasteiger partial charge is 0.244 e. The summed E-state index contributed by atoms with van der Waals surface area (Å²) in [7, 11) is 0. The maximum atomic E-state index is 12.2. The number of ether oxygens (including phenoxy) is 1. The molecule has 1 aromatic carbocycles. The highest BCUT2D eigenvalue weighted by molar-refractivity contribution is 6.30. The van der Waals surface area contributed by atoms with E-state index >= 15 is 0 Å². The number of hydrogen-bond acceptors (Lipinski definition) is 3. The zero-order valence-corrected chi connectivity index (χ0v) is 14.7. The van der Waals surface area contributed by atoms with Gasteiger partial charge in [0.25, 0.3) is 0 Å². The van der Waals surface area contributed by atoms with E-state index in [1.54, 1.807) is 12.3 Å². The Morgan fingerprint density at radius 2 is 2.08 bits per heavy atom. The van der Waals surface area contributed by atoms with E-state index in [-0.39, 0.29) is 11.3 Å². The quantitative estimate of drug-likeness (QED) is 0.832. The van der Waals surface area contributed by atoms with Crippen LogP contribution in [0.5, 0.6) is 0 Å². The number of carbonyl (C=O) groups excluding carboxylic acids is 1. The molecule has 130 valence electrons. The lowest BCUT2D eigenvalue weighted by Crippen LogP contribution is -2.44. The SMILES string of the molecule is O=C(/C=C/c1ccccn1)NCC1(c2cccc(Cl)c2)CCOCC1. The van der Waals surface area contributed by atoms with E-state index in [4.69, 9.17) is 16.3 Å². The minimum atomic E-state index is -0.141. The van der Waals surface area contributed by atoms with Crippen LogP contribution in [0.2, 0.25) is 5.02 Å². The lowest BCUT2D eigenvalue weighted by atomic mass is 9.74. The van der Waals surface area contributed by atoms with Gasteiger partial charge in [-0.05, 0) is 48.7 Å². The fourth-order valence-corrected chi connectivity index (χ4v) is 3.29. The summed E-state index contributed by atoms with van der Waals surface area (Å²) in [5.74, 6) is -0.126. The van der Waals surface area contributed by atoms with Gasteiger partial charge in [-0.3, -0.25) is 9.78 Å². The molecule has 1 saturated heterocycles. The van der Waals surface area contributed by atoms with Gasteiger partial charge in [-0.1, -0.05) is 29.8 Å². The van der Waals surface area contributed by atoms with Gasteiger partial charge in [-0.2, -0.15) is 0 Å². The van der Waals surface area contributed by atoms with Crippen molar-refractivity contribution in [2.75, 3.05) is 19.8 Å². The first-order valence-corrected chi connectivity index (χ1v) is 8.77. The summed E-state index contributed by atoms with van der Waals surface area (Å²) in [5.41, 5.74) is 1.77. The molecule has 2 aromatic rings. The zero-order chi connectivity index (χ0) is 17.5. The van der Waals surface area contributed by atoms with Crippen LogP contribution in [0, 0.1) is 0 Å². The second-order valence-corrected chi connectivity index (χ2v) is 6.65. The van der Waals surface area contributed by atoms with Crippen molar-refractivity contribution in [3.05, 3.63) is 71.0 Å². The third kappa shape index (κ3) is 4.68. The Kier molecular flexibility index (Phi) is 5.84. The van der Waals surface area contributed by atoms with Gasteiger partial charge in [0.15, 0.2) is 0 Å². The first-order valence-electron chi connectivity index (χ1n) is 8.39. The van der Waals surface area contributed by atoms with Crippen LogP contribution in [0.15, 0.2) is 54.7 Å². The molecule has 0 radical (unpaired) electrons. The number of carbonyl (C=O) groups is 1. The molecule has 3 rings (SSSR count). The predicted octanol–water partition coefficient (Wildman–Crippen LogP) is 3.61. The lowest BCUT2D eigenvalue weighted by Gasteiger charge is -2.38. The Morgan fingerprint density at radius 1 is 1.24 bits per heavy atom. The molecule has 1 N–H and O–H groups in total. The molecule has 0 unspecified atom stereocenters. The van der Waals surface area contributed by atoms with Crippen molar-refractivity contribution in [1.29, 1.82) is 0 Å². The van der Waals surface area contributed by atoms with E-state index in [0.29, 0.717) is 24.8 Å². The van der Waals surface area contributed by atoms with Crippen molar-refractivity contribution in [2.24, 2.45) is 0 Å². The van der Waals surface area contributed by atoms with Crippen molar-refractivity contribution in [1.82, 2.24) is 10.3 Å². The van der Waals surface area contributed by atoms with Gasteiger partial charge >= 0.3 is 0 Å². The second kappa shape index (κ2) is 8.28. The van der Waals surface area contributed by atoms with Crippen LogP contribution in [0.4, 0.5) is 0 Å². The highest BCUT2D eigenvalue weighted by Gasteiger charge is 2.34. The normalized spacial score (nSPS) is 16.7. The van der Waals surface area contributed by atoms with Crippen LogP contribution >= 0.6 is 11.6 Å². The monoisotopic (exact) mass is 356 g/mol. The van der Waals surface area contributed by atoms with Crippen LogP contribution in [-0.2, 0) is 14.9 Å². The van der Waals surface area contributed by atoms with E-state index in [9.17, 15) is 4.79 Å². The molecule has 4 nitrogen and oxygen atoms in total. The minimum Gasteiger partial charge on any atom is -0.381 e. The molecule has 0 atom stereocenters. The number of pyridine rings is 1. The fraction of sp³-hybridized carbons (Fsp3) is 0.300. The van der Waals surface area contributed by atoms with E-state index in [1.807, 2.05) is 36.4 Å². The summed E-state index contributed by atoms with van der Waals surface area (Å²) in [5, 5.41) is 3.74. The molecule has 1 aromatic heterocycles. The molecule has 0 aliphatic carbocycles. The van der Waals surface area contributed by atoms with E-state index in [2.05, 4.69) is 16.4 Å². The average molecular weight is 357 g/mol. The van der Waals surface area contributed by atoms with Crippen molar-refractivity contribution in [3.8, 4) is 0 Å². The molecule has 1 fully saturated rings. The number of amides is 1. The van der Waals surface area contributed by atoms with Crippen LogP contribution in [0.3, 0.4) is 0 Å². The van der Waals surface area contributed by atoms with Gasteiger partial charge in [-0.25, -0.2) is 0 Å². The van der Waals surface area contributed by atoms with Gasteiger partial charge in [0, 0.05) is 42.5 Å². The third-order valence-corrected chi connectivity index (χ3v) is 4.82. The van der Waals surface area contributed by atoms with E-state index < -0.39 is 0 Å². The first kappa shape index (κ1) is 17.6. The Morgan fingerprint density at radius 3 is 2.80 bits per heavy atom. The molecule has 0 saturated carbocycles. The number of benzene rings is 1. The zero-order valence-electron chi connectivity index (χ0n) is 14.0. The number of aromatic nitrogens is 1. The summed E-state index contributed by atoms with van der Waals surface area (Å²) in [6, 6.07) is 13.5. The van der Waals surface area contributed by atoms with Gasteiger partial charge in [0.2, 0.25) is 5.91 Å². The Labute approximate surface area is 152 Å². The number of rotatable bonds is 5. The van der Waals surface area contributed by atoms with Gasteiger partial charge in [0.05, 0.1) is 5.69 Å². The van der Waals surface area contributed by atoms with Crippen LogP contribution < -0.4 is 5.32 Å². The predicted molar refractivity (Wildman–Crippen MR) is 99.5 cm³/mol. The standard InChI is InChI=1S/C20H21ClN2O2/c21-17-5-3-4-16(14-17)20(9-12-25-13-10-20)15-23-19(24)8-7-18-6-1-2-11-22-18/h1-8,11,14H,9-10,12-13,15H2,(H,23,24)/b8-7+. The minimum absolute atomic E-state index is 0.126. The van der Waals surface area contributed by atoms with Crippen molar-refractivity contribution in [2.45, 2.75) is 18.3 Å². The molecular formula is C20H21ClN2O2. The molecule has 1 aliphatic heterocycles. The molecule has 2 heterocycles. The topological polar surface area (TPSA) is 51.2 Å². The molecule has 0 spiro atoms. The molecule has 1 aliphatic rings. The molecular weight excluding hydrogens is 336 g/mol. The van der Waals surface area contributed by atoms with E-state index in [0.717, 1.165) is 24.1 Å². The van der Waals surface area contributed by atoms with Crippen molar-refractivity contribution < 1.29 is 9.53 Å². The summed E-state index contributed by atoms with van der Waals surface area (Å²) in [6.45, 7) is 1.93. The summed E-state index contributed by atoms with van der Waals surface area (Å²) >= 11 is 6.17. The molecule has 1 amide bonds.